The summed E-state index contributed by atoms with van der Waals surface area (Å²) in [6, 6.07) is 0. The predicted octanol–water partition coefficient (Wildman–Crippen LogP) is 2.27. The van der Waals surface area contributed by atoms with Crippen LogP contribution in [0.2, 0.25) is 0 Å². The van der Waals surface area contributed by atoms with Gasteiger partial charge in [0.25, 0.3) is 0 Å². The zero-order valence-electron chi connectivity index (χ0n) is 8.50. The molecule has 0 rings (SSSR count). The highest BCUT2D eigenvalue weighted by molar-refractivity contribution is 5.78. The van der Waals surface area contributed by atoms with E-state index in [2.05, 4.69) is 20.4 Å². The van der Waals surface area contributed by atoms with Crippen LogP contribution in [-0.2, 0) is 4.79 Å². The molecule has 1 amide bonds. The monoisotopic (exact) mass is 169 g/mol. The van der Waals surface area contributed by atoms with Crippen LogP contribution in [0.1, 0.15) is 27.7 Å². The standard InChI is InChI=1S/C10H19NO/c1-6-11(7-8(2)3)10(12)9(4)5/h6,8-9H,1,7H2,2-5H3. The van der Waals surface area contributed by atoms with Gasteiger partial charge in [0.05, 0.1) is 0 Å². The molecule has 0 spiro atoms. The lowest BCUT2D eigenvalue weighted by molar-refractivity contribution is -0.132. The Bertz CT molecular complexity index is 161. The van der Waals surface area contributed by atoms with Crippen LogP contribution >= 0.6 is 0 Å². The van der Waals surface area contributed by atoms with Gasteiger partial charge in [0.1, 0.15) is 0 Å². The second-order valence-electron chi connectivity index (χ2n) is 3.72. The van der Waals surface area contributed by atoms with Gasteiger partial charge in [-0.2, -0.15) is 0 Å². The first-order chi connectivity index (χ1) is 5.49. The highest BCUT2D eigenvalue weighted by Crippen LogP contribution is 2.05. The molecule has 0 aliphatic carbocycles. The first-order valence-corrected chi connectivity index (χ1v) is 4.42. The minimum absolute atomic E-state index is 0.0572. The van der Waals surface area contributed by atoms with Gasteiger partial charge in [-0.05, 0) is 12.1 Å². The van der Waals surface area contributed by atoms with Crippen molar-refractivity contribution in [2.24, 2.45) is 11.8 Å². The van der Waals surface area contributed by atoms with E-state index >= 15 is 0 Å². The molecule has 0 aliphatic rings. The van der Waals surface area contributed by atoms with Crippen molar-refractivity contribution in [3.8, 4) is 0 Å². The molecule has 0 bridgehead atoms. The van der Waals surface area contributed by atoms with Crippen LogP contribution in [0.5, 0.6) is 0 Å². The maximum Gasteiger partial charge on any atom is 0.229 e. The number of amides is 1. The van der Waals surface area contributed by atoms with E-state index in [0.29, 0.717) is 5.92 Å². The fraction of sp³-hybridized carbons (Fsp3) is 0.700. The van der Waals surface area contributed by atoms with E-state index in [1.807, 2.05) is 13.8 Å². The molecule has 0 saturated carbocycles. The molecule has 70 valence electrons. The average Bonchev–Trinajstić information content (AvgIpc) is 1.98. The summed E-state index contributed by atoms with van der Waals surface area (Å²) in [6.45, 7) is 12.4. The zero-order valence-corrected chi connectivity index (χ0v) is 8.50. The van der Waals surface area contributed by atoms with E-state index in [4.69, 9.17) is 0 Å². The summed E-state index contributed by atoms with van der Waals surface area (Å²) >= 11 is 0. The smallest absolute Gasteiger partial charge is 0.229 e. The Balaban J connectivity index is 4.15. The summed E-state index contributed by atoms with van der Waals surface area (Å²) in [5, 5.41) is 0. The SMILES string of the molecule is C=CN(CC(C)C)C(=O)C(C)C. The summed E-state index contributed by atoms with van der Waals surface area (Å²) in [5.74, 6) is 0.700. The van der Waals surface area contributed by atoms with Crippen molar-refractivity contribution in [2.45, 2.75) is 27.7 Å². The Morgan fingerprint density at radius 3 is 2.17 bits per heavy atom. The van der Waals surface area contributed by atoms with Gasteiger partial charge in [0, 0.05) is 12.5 Å². The molecule has 0 radical (unpaired) electrons. The second kappa shape index (κ2) is 4.96. The number of nitrogens with zero attached hydrogens (tertiary/aromatic N) is 1. The van der Waals surface area contributed by atoms with Gasteiger partial charge in [-0.3, -0.25) is 4.79 Å². The number of carbonyl (C=O) groups excluding carboxylic acids is 1. The number of rotatable bonds is 4. The van der Waals surface area contributed by atoms with Gasteiger partial charge in [0.15, 0.2) is 0 Å². The molecule has 0 aliphatic heterocycles. The highest BCUT2D eigenvalue weighted by atomic mass is 16.2. The van der Waals surface area contributed by atoms with Gasteiger partial charge in [-0.15, -0.1) is 0 Å². The molecule has 2 nitrogen and oxygen atoms in total. The third-order valence-electron chi connectivity index (χ3n) is 1.56. The summed E-state index contributed by atoms with van der Waals surface area (Å²) in [6.07, 6.45) is 1.61. The quantitative estimate of drug-likeness (QED) is 0.632. The van der Waals surface area contributed by atoms with Crippen LogP contribution < -0.4 is 0 Å². The molecule has 2 heteroatoms. The Labute approximate surface area is 75.3 Å². The molecule has 0 aromatic rings. The van der Waals surface area contributed by atoms with Crippen molar-refractivity contribution in [2.75, 3.05) is 6.54 Å². The molecule has 12 heavy (non-hydrogen) atoms. The molecule has 0 N–H and O–H groups in total. The van der Waals surface area contributed by atoms with Crippen molar-refractivity contribution < 1.29 is 4.79 Å². The number of hydrogen-bond acceptors (Lipinski definition) is 1. The van der Waals surface area contributed by atoms with E-state index in [1.165, 1.54) is 0 Å². The molecule has 0 unspecified atom stereocenters. The topological polar surface area (TPSA) is 20.3 Å². The molecular weight excluding hydrogens is 150 g/mol. The summed E-state index contributed by atoms with van der Waals surface area (Å²) in [5.41, 5.74) is 0. The van der Waals surface area contributed by atoms with E-state index < -0.39 is 0 Å². The third-order valence-corrected chi connectivity index (χ3v) is 1.56. The third kappa shape index (κ3) is 3.56. The largest absolute Gasteiger partial charge is 0.319 e. The van der Waals surface area contributed by atoms with Crippen LogP contribution in [-0.4, -0.2) is 17.4 Å². The highest BCUT2D eigenvalue weighted by Gasteiger charge is 2.14. The van der Waals surface area contributed by atoms with Gasteiger partial charge in [0.2, 0.25) is 5.91 Å². The van der Waals surface area contributed by atoms with Crippen LogP contribution in [0.4, 0.5) is 0 Å². The van der Waals surface area contributed by atoms with E-state index in [9.17, 15) is 4.79 Å². The Morgan fingerprint density at radius 2 is 1.92 bits per heavy atom. The predicted molar refractivity (Wildman–Crippen MR) is 51.6 cm³/mol. The van der Waals surface area contributed by atoms with Crippen molar-refractivity contribution in [3.63, 3.8) is 0 Å². The van der Waals surface area contributed by atoms with Crippen LogP contribution in [0, 0.1) is 11.8 Å². The van der Waals surface area contributed by atoms with Gasteiger partial charge in [-0.25, -0.2) is 0 Å². The van der Waals surface area contributed by atoms with E-state index in [0.717, 1.165) is 6.54 Å². The maximum absolute atomic E-state index is 11.5. The van der Waals surface area contributed by atoms with Crippen molar-refractivity contribution in [1.29, 1.82) is 0 Å². The lowest BCUT2D eigenvalue weighted by atomic mass is 10.1. The lowest BCUT2D eigenvalue weighted by Crippen LogP contribution is -2.32. The van der Waals surface area contributed by atoms with Gasteiger partial charge in [-0.1, -0.05) is 34.3 Å². The van der Waals surface area contributed by atoms with E-state index in [-0.39, 0.29) is 11.8 Å². The number of hydrogen-bond donors (Lipinski definition) is 0. The average molecular weight is 169 g/mol. The first kappa shape index (κ1) is 11.2. The van der Waals surface area contributed by atoms with Crippen molar-refractivity contribution in [3.05, 3.63) is 12.8 Å². The van der Waals surface area contributed by atoms with Crippen LogP contribution in [0.25, 0.3) is 0 Å². The molecule has 0 aromatic heterocycles. The Hall–Kier alpha value is -0.790. The minimum atomic E-state index is 0.0572. The Morgan fingerprint density at radius 1 is 1.42 bits per heavy atom. The van der Waals surface area contributed by atoms with Crippen LogP contribution in [0.3, 0.4) is 0 Å². The lowest BCUT2D eigenvalue weighted by Gasteiger charge is -2.21. The van der Waals surface area contributed by atoms with Crippen molar-refractivity contribution >= 4 is 5.91 Å². The summed E-state index contributed by atoms with van der Waals surface area (Å²) in [4.78, 5) is 13.2. The number of carbonyl (C=O) groups is 1. The Kier molecular flexibility index (Phi) is 4.64. The zero-order chi connectivity index (χ0) is 9.72. The van der Waals surface area contributed by atoms with E-state index in [1.54, 1.807) is 11.1 Å². The normalized spacial score (nSPS) is 10.5. The molecule has 0 heterocycles. The van der Waals surface area contributed by atoms with Gasteiger partial charge < -0.3 is 4.90 Å². The van der Waals surface area contributed by atoms with Gasteiger partial charge >= 0.3 is 0 Å². The molecule has 0 atom stereocenters. The maximum atomic E-state index is 11.5. The molecule has 0 fully saturated rings. The van der Waals surface area contributed by atoms with Crippen LogP contribution in [0.15, 0.2) is 12.8 Å². The summed E-state index contributed by atoms with van der Waals surface area (Å²) in [7, 11) is 0. The summed E-state index contributed by atoms with van der Waals surface area (Å²) < 4.78 is 0. The van der Waals surface area contributed by atoms with Crippen molar-refractivity contribution in [1.82, 2.24) is 4.90 Å². The molecule has 0 aromatic carbocycles. The first-order valence-electron chi connectivity index (χ1n) is 4.42. The fourth-order valence-corrected chi connectivity index (χ4v) is 0.980. The second-order valence-corrected chi connectivity index (χ2v) is 3.72. The fourth-order valence-electron chi connectivity index (χ4n) is 0.980. The minimum Gasteiger partial charge on any atom is -0.319 e. The molecular formula is C10H19NO. The molecule has 0 saturated heterocycles.